The second-order valence-corrected chi connectivity index (χ2v) is 6.95. The second-order valence-electron chi connectivity index (χ2n) is 6.95. The van der Waals surface area contributed by atoms with Crippen LogP contribution in [0.4, 0.5) is 0 Å². The highest BCUT2D eigenvalue weighted by Gasteiger charge is 2.32. The molecule has 0 aromatic carbocycles. The highest BCUT2D eigenvalue weighted by Crippen LogP contribution is 2.40. The summed E-state index contributed by atoms with van der Waals surface area (Å²) in [5.41, 5.74) is 0. The quantitative estimate of drug-likeness (QED) is 0.692. The van der Waals surface area contributed by atoms with Gasteiger partial charge in [0.05, 0.1) is 0 Å². The fraction of sp³-hybridized carbons (Fsp3) is 1.00. The fourth-order valence-electron chi connectivity index (χ4n) is 3.54. The highest BCUT2D eigenvalue weighted by molar-refractivity contribution is 4.83. The zero-order valence-corrected chi connectivity index (χ0v) is 13.3. The molecular weight excluding hydrogens is 218 g/mol. The molecule has 1 heteroatoms. The van der Waals surface area contributed by atoms with Crippen LogP contribution in [-0.4, -0.2) is 13.1 Å². The Morgan fingerprint density at radius 2 is 1.83 bits per heavy atom. The third kappa shape index (κ3) is 4.91. The number of rotatable bonds is 7. The summed E-state index contributed by atoms with van der Waals surface area (Å²) in [6, 6.07) is 0. The van der Waals surface area contributed by atoms with Gasteiger partial charge in [-0.2, -0.15) is 0 Å². The minimum atomic E-state index is 0.777. The van der Waals surface area contributed by atoms with Crippen molar-refractivity contribution in [3.8, 4) is 0 Å². The molecule has 4 atom stereocenters. The Balaban J connectivity index is 2.47. The predicted molar refractivity (Wildman–Crippen MR) is 81.8 cm³/mol. The van der Waals surface area contributed by atoms with Gasteiger partial charge in [0.15, 0.2) is 0 Å². The van der Waals surface area contributed by atoms with Gasteiger partial charge in [0.2, 0.25) is 0 Å². The molecule has 0 aromatic rings. The lowest BCUT2D eigenvalue weighted by Crippen LogP contribution is -2.37. The molecule has 1 rings (SSSR count). The Hall–Kier alpha value is -0.0400. The van der Waals surface area contributed by atoms with Crippen LogP contribution in [0.1, 0.15) is 66.7 Å². The number of hydrogen-bond acceptors (Lipinski definition) is 1. The van der Waals surface area contributed by atoms with Crippen molar-refractivity contribution in [2.24, 2.45) is 29.6 Å². The molecule has 0 radical (unpaired) electrons. The molecule has 0 amide bonds. The molecule has 0 aromatic heterocycles. The summed E-state index contributed by atoms with van der Waals surface area (Å²) in [5.74, 6) is 4.59. The average Bonchev–Trinajstić information content (AvgIpc) is 2.37. The van der Waals surface area contributed by atoms with Gasteiger partial charge in [-0.1, -0.05) is 53.9 Å². The van der Waals surface area contributed by atoms with Crippen molar-refractivity contribution in [2.75, 3.05) is 13.1 Å². The van der Waals surface area contributed by atoms with Crippen LogP contribution in [0.3, 0.4) is 0 Å². The van der Waals surface area contributed by atoms with E-state index in [0.717, 1.165) is 29.6 Å². The van der Waals surface area contributed by atoms with Crippen molar-refractivity contribution in [3.05, 3.63) is 0 Å². The first kappa shape index (κ1) is 16.0. The maximum absolute atomic E-state index is 3.70. The van der Waals surface area contributed by atoms with Crippen molar-refractivity contribution >= 4 is 0 Å². The van der Waals surface area contributed by atoms with E-state index in [1.54, 1.807) is 0 Å². The van der Waals surface area contributed by atoms with Crippen LogP contribution >= 0.6 is 0 Å². The van der Waals surface area contributed by atoms with Crippen molar-refractivity contribution in [1.29, 1.82) is 0 Å². The predicted octanol–water partition coefficient (Wildman–Crippen LogP) is 4.72. The van der Waals surface area contributed by atoms with Crippen LogP contribution in [0.15, 0.2) is 0 Å². The average molecular weight is 253 g/mol. The SMILES string of the molecule is CCC1CCC(CNCC(C)C)C(C(C)CC)C1. The van der Waals surface area contributed by atoms with Gasteiger partial charge in [-0.3, -0.25) is 0 Å². The van der Waals surface area contributed by atoms with E-state index in [1.165, 1.54) is 45.2 Å². The van der Waals surface area contributed by atoms with E-state index >= 15 is 0 Å². The van der Waals surface area contributed by atoms with E-state index < -0.39 is 0 Å². The number of nitrogens with one attached hydrogen (secondary N) is 1. The molecule has 0 heterocycles. The molecule has 1 fully saturated rings. The normalized spacial score (nSPS) is 30.7. The van der Waals surface area contributed by atoms with Crippen molar-refractivity contribution in [1.82, 2.24) is 5.32 Å². The first-order valence-corrected chi connectivity index (χ1v) is 8.29. The largest absolute Gasteiger partial charge is 0.316 e. The molecular formula is C17H35N. The van der Waals surface area contributed by atoms with Gasteiger partial charge in [0.25, 0.3) is 0 Å². The standard InChI is InChI=1S/C17H35N/c1-6-14(5)17-10-15(7-2)8-9-16(17)12-18-11-13(3)4/h13-18H,6-12H2,1-5H3. The highest BCUT2D eigenvalue weighted by atomic mass is 14.9. The zero-order chi connectivity index (χ0) is 13.5. The van der Waals surface area contributed by atoms with Crippen LogP contribution in [0.5, 0.6) is 0 Å². The van der Waals surface area contributed by atoms with Gasteiger partial charge in [0, 0.05) is 0 Å². The van der Waals surface area contributed by atoms with Crippen LogP contribution in [-0.2, 0) is 0 Å². The Labute approximate surface area is 115 Å². The van der Waals surface area contributed by atoms with E-state index in [4.69, 9.17) is 0 Å². The van der Waals surface area contributed by atoms with E-state index in [-0.39, 0.29) is 0 Å². The summed E-state index contributed by atoms with van der Waals surface area (Å²) in [6.45, 7) is 14.2. The van der Waals surface area contributed by atoms with Crippen molar-refractivity contribution < 1.29 is 0 Å². The zero-order valence-electron chi connectivity index (χ0n) is 13.3. The summed E-state index contributed by atoms with van der Waals surface area (Å²) in [7, 11) is 0. The summed E-state index contributed by atoms with van der Waals surface area (Å²) in [5, 5.41) is 3.70. The summed E-state index contributed by atoms with van der Waals surface area (Å²) < 4.78 is 0. The summed E-state index contributed by atoms with van der Waals surface area (Å²) in [6.07, 6.45) is 7.15. The van der Waals surface area contributed by atoms with Gasteiger partial charge >= 0.3 is 0 Å². The van der Waals surface area contributed by atoms with Gasteiger partial charge in [0.1, 0.15) is 0 Å². The first-order chi connectivity index (χ1) is 8.58. The van der Waals surface area contributed by atoms with Crippen molar-refractivity contribution in [3.63, 3.8) is 0 Å². The minimum Gasteiger partial charge on any atom is -0.316 e. The molecule has 18 heavy (non-hydrogen) atoms. The first-order valence-electron chi connectivity index (χ1n) is 8.29. The smallest absolute Gasteiger partial charge is 0.00177 e. The Morgan fingerprint density at radius 3 is 2.39 bits per heavy atom. The fourth-order valence-corrected chi connectivity index (χ4v) is 3.54. The maximum atomic E-state index is 3.70. The van der Waals surface area contributed by atoms with Crippen LogP contribution in [0.25, 0.3) is 0 Å². The van der Waals surface area contributed by atoms with Gasteiger partial charge in [-0.15, -0.1) is 0 Å². The lowest BCUT2D eigenvalue weighted by Gasteiger charge is -2.39. The molecule has 1 aliphatic carbocycles. The Kier molecular flexibility index (Phi) is 7.29. The lowest BCUT2D eigenvalue weighted by atomic mass is 9.68. The van der Waals surface area contributed by atoms with E-state index in [2.05, 4.69) is 39.9 Å². The molecule has 1 aliphatic rings. The Bertz CT molecular complexity index is 212. The van der Waals surface area contributed by atoms with Crippen LogP contribution in [0, 0.1) is 29.6 Å². The monoisotopic (exact) mass is 253 g/mol. The maximum Gasteiger partial charge on any atom is -0.00177 e. The lowest BCUT2D eigenvalue weighted by molar-refractivity contribution is 0.120. The molecule has 0 spiro atoms. The number of hydrogen-bond donors (Lipinski definition) is 1. The molecule has 4 unspecified atom stereocenters. The van der Waals surface area contributed by atoms with Gasteiger partial charge in [-0.25, -0.2) is 0 Å². The third-order valence-corrected chi connectivity index (χ3v) is 5.07. The summed E-state index contributed by atoms with van der Waals surface area (Å²) in [4.78, 5) is 0. The second kappa shape index (κ2) is 8.19. The van der Waals surface area contributed by atoms with Crippen LogP contribution in [0.2, 0.25) is 0 Å². The van der Waals surface area contributed by atoms with E-state index in [0.29, 0.717) is 0 Å². The van der Waals surface area contributed by atoms with Crippen LogP contribution < -0.4 is 5.32 Å². The molecule has 108 valence electrons. The Morgan fingerprint density at radius 1 is 1.11 bits per heavy atom. The molecule has 0 aliphatic heterocycles. The minimum absolute atomic E-state index is 0.777. The van der Waals surface area contributed by atoms with Gasteiger partial charge < -0.3 is 5.32 Å². The molecule has 1 saturated carbocycles. The molecule has 0 bridgehead atoms. The molecule has 0 saturated heterocycles. The third-order valence-electron chi connectivity index (χ3n) is 5.07. The molecule has 1 N–H and O–H groups in total. The van der Waals surface area contributed by atoms with E-state index in [9.17, 15) is 0 Å². The van der Waals surface area contributed by atoms with E-state index in [1.807, 2.05) is 0 Å². The topological polar surface area (TPSA) is 12.0 Å². The summed E-state index contributed by atoms with van der Waals surface area (Å²) >= 11 is 0. The van der Waals surface area contributed by atoms with Gasteiger partial charge in [-0.05, 0) is 55.5 Å². The molecule has 1 nitrogen and oxygen atoms in total. The van der Waals surface area contributed by atoms with Crippen molar-refractivity contribution in [2.45, 2.75) is 66.7 Å².